The van der Waals surface area contributed by atoms with Crippen molar-refractivity contribution in [3.8, 4) is 0 Å². The van der Waals surface area contributed by atoms with Crippen LogP contribution in [0.1, 0.15) is 40.5 Å². The van der Waals surface area contributed by atoms with Crippen molar-refractivity contribution in [2.24, 2.45) is 10.9 Å². The monoisotopic (exact) mass is 271 g/mol. The van der Waals surface area contributed by atoms with Gasteiger partial charge in [0.25, 0.3) is 0 Å². The van der Waals surface area contributed by atoms with Gasteiger partial charge in [-0.1, -0.05) is 39.5 Å². The number of aliphatic imine (C=N–C) groups is 1. The third kappa shape index (κ3) is 6.10. The maximum absolute atomic E-state index is 4.58. The van der Waals surface area contributed by atoms with Gasteiger partial charge in [0, 0.05) is 11.8 Å². The first-order chi connectivity index (χ1) is 8.65. The van der Waals surface area contributed by atoms with Gasteiger partial charge in [-0.2, -0.15) is 0 Å². The van der Waals surface area contributed by atoms with Crippen molar-refractivity contribution >= 4 is 16.9 Å². The van der Waals surface area contributed by atoms with E-state index >= 15 is 0 Å². The van der Waals surface area contributed by atoms with Crippen LogP contribution in [0.25, 0.3) is 0 Å². The molecule has 0 amide bonds. The number of nitrogens with one attached hydrogen (secondary N) is 1. The predicted molar refractivity (Wildman–Crippen MR) is 83.5 cm³/mol. The Hall–Kier alpha value is -0.220. The van der Waals surface area contributed by atoms with E-state index in [0.717, 1.165) is 32.1 Å². The Morgan fingerprint density at radius 2 is 2.11 bits per heavy atom. The molecule has 0 aromatic carbocycles. The van der Waals surface area contributed by atoms with Crippen molar-refractivity contribution in [1.82, 2.24) is 10.2 Å². The molecule has 0 aliphatic carbocycles. The first kappa shape index (κ1) is 15.8. The highest BCUT2D eigenvalue weighted by molar-refractivity contribution is 8.14. The Balaban J connectivity index is 2.07. The van der Waals surface area contributed by atoms with Crippen LogP contribution in [-0.2, 0) is 0 Å². The van der Waals surface area contributed by atoms with Gasteiger partial charge in [-0.05, 0) is 38.4 Å². The molecule has 1 unspecified atom stereocenters. The highest BCUT2D eigenvalue weighted by atomic mass is 32.2. The van der Waals surface area contributed by atoms with Crippen molar-refractivity contribution in [3.05, 3.63) is 0 Å². The molecule has 1 N–H and O–H groups in total. The second kappa shape index (κ2) is 8.81. The lowest BCUT2D eigenvalue weighted by molar-refractivity contribution is 0.300. The summed E-state index contributed by atoms with van der Waals surface area (Å²) in [5, 5.41) is 5.35. The van der Waals surface area contributed by atoms with Gasteiger partial charge in [0.15, 0.2) is 5.17 Å². The van der Waals surface area contributed by atoms with Gasteiger partial charge >= 0.3 is 0 Å². The fourth-order valence-corrected chi connectivity index (χ4v) is 3.48. The summed E-state index contributed by atoms with van der Waals surface area (Å²) < 4.78 is 0. The number of hydrogen-bond acceptors (Lipinski definition) is 4. The molecule has 0 saturated carbocycles. The molecule has 1 atom stereocenters. The minimum atomic E-state index is 0.704. The number of amidine groups is 1. The van der Waals surface area contributed by atoms with Gasteiger partial charge in [-0.15, -0.1) is 0 Å². The van der Waals surface area contributed by atoms with Crippen LogP contribution in [0.4, 0.5) is 0 Å². The molecule has 0 fully saturated rings. The minimum absolute atomic E-state index is 0.704. The van der Waals surface area contributed by atoms with Crippen LogP contribution in [0.2, 0.25) is 0 Å². The van der Waals surface area contributed by atoms with E-state index in [-0.39, 0.29) is 0 Å². The molecule has 0 bridgehead atoms. The maximum Gasteiger partial charge on any atom is 0.156 e. The van der Waals surface area contributed by atoms with Crippen molar-refractivity contribution in [3.63, 3.8) is 0 Å². The van der Waals surface area contributed by atoms with Crippen molar-refractivity contribution in [1.29, 1.82) is 0 Å². The van der Waals surface area contributed by atoms with Gasteiger partial charge in [-0.25, -0.2) is 0 Å². The zero-order chi connectivity index (χ0) is 13.4. The zero-order valence-corrected chi connectivity index (χ0v) is 13.2. The molecule has 1 heterocycles. The number of rotatable bonds is 8. The zero-order valence-electron chi connectivity index (χ0n) is 12.4. The number of hydrogen-bond donors (Lipinski definition) is 1. The van der Waals surface area contributed by atoms with Crippen LogP contribution in [-0.4, -0.2) is 48.0 Å². The van der Waals surface area contributed by atoms with E-state index < -0.39 is 0 Å². The maximum atomic E-state index is 4.58. The minimum Gasteiger partial charge on any atom is -0.365 e. The summed E-state index contributed by atoms with van der Waals surface area (Å²) in [6.07, 6.45) is 2.48. The lowest BCUT2D eigenvalue weighted by Crippen LogP contribution is -2.28. The van der Waals surface area contributed by atoms with Crippen molar-refractivity contribution < 1.29 is 0 Å². The molecule has 1 aliphatic heterocycles. The van der Waals surface area contributed by atoms with Crippen LogP contribution in [0, 0.1) is 5.92 Å². The van der Waals surface area contributed by atoms with E-state index in [1.54, 1.807) is 0 Å². The molecule has 0 spiro atoms. The molecule has 0 aromatic rings. The molecule has 4 heteroatoms. The molecular weight excluding hydrogens is 242 g/mol. The summed E-state index contributed by atoms with van der Waals surface area (Å²) in [5.74, 6) is 0.778. The number of thioether (sulfide) groups is 1. The molecule has 0 radical (unpaired) electrons. The topological polar surface area (TPSA) is 27.6 Å². The molecule has 1 rings (SSSR count). The van der Waals surface area contributed by atoms with E-state index in [9.17, 15) is 0 Å². The summed E-state index contributed by atoms with van der Waals surface area (Å²) in [4.78, 5) is 7.05. The van der Waals surface area contributed by atoms with Gasteiger partial charge in [0.2, 0.25) is 0 Å². The predicted octanol–water partition coefficient (Wildman–Crippen LogP) is 2.83. The van der Waals surface area contributed by atoms with Gasteiger partial charge in [-0.3, -0.25) is 4.99 Å². The first-order valence-electron chi connectivity index (χ1n) is 7.33. The van der Waals surface area contributed by atoms with E-state index in [0.29, 0.717) is 5.25 Å². The molecule has 106 valence electrons. The Morgan fingerprint density at radius 3 is 2.72 bits per heavy atom. The van der Waals surface area contributed by atoms with Crippen LogP contribution in [0.15, 0.2) is 4.99 Å². The normalized spacial score (nSPS) is 19.7. The Bertz CT molecular complexity index is 249. The van der Waals surface area contributed by atoms with Gasteiger partial charge in [0.05, 0.1) is 6.54 Å². The second-order valence-corrected chi connectivity index (χ2v) is 6.61. The number of nitrogens with zero attached hydrogens (tertiary/aromatic N) is 2. The van der Waals surface area contributed by atoms with Crippen LogP contribution in [0.3, 0.4) is 0 Å². The van der Waals surface area contributed by atoms with Crippen LogP contribution in [0.5, 0.6) is 0 Å². The summed E-state index contributed by atoms with van der Waals surface area (Å²) in [6, 6.07) is 0. The highest BCUT2D eigenvalue weighted by Crippen LogP contribution is 2.25. The smallest absolute Gasteiger partial charge is 0.156 e. The fourth-order valence-electron chi connectivity index (χ4n) is 2.20. The Kier molecular flexibility index (Phi) is 7.75. The highest BCUT2D eigenvalue weighted by Gasteiger charge is 2.19. The van der Waals surface area contributed by atoms with Crippen LogP contribution >= 0.6 is 11.8 Å². The SMILES string of the molecule is CCN(CC)CCCNC1=NCC(CC(C)C)S1. The fraction of sp³-hybridized carbons (Fsp3) is 0.929. The second-order valence-electron chi connectivity index (χ2n) is 5.32. The Morgan fingerprint density at radius 1 is 1.39 bits per heavy atom. The quantitative estimate of drug-likeness (QED) is 0.688. The van der Waals surface area contributed by atoms with Gasteiger partial charge < -0.3 is 10.2 Å². The first-order valence-corrected chi connectivity index (χ1v) is 8.21. The molecule has 3 nitrogen and oxygen atoms in total. The van der Waals surface area contributed by atoms with E-state index in [4.69, 9.17) is 0 Å². The lowest BCUT2D eigenvalue weighted by Gasteiger charge is -2.17. The average molecular weight is 271 g/mol. The van der Waals surface area contributed by atoms with Crippen LogP contribution < -0.4 is 5.32 Å². The molecule has 0 saturated heterocycles. The molecule has 1 aliphatic rings. The Labute approximate surface area is 117 Å². The third-order valence-corrected chi connectivity index (χ3v) is 4.44. The summed E-state index contributed by atoms with van der Waals surface area (Å²) in [5.41, 5.74) is 0. The summed E-state index contributed by atoms with van der Waals surface area (Å²) in [7, 11) is 0. The molecule has 18 heavy (non-hydrogen) atoms. The van der Waals surface area contributed by atoms with E-state index in [1.807, 2.05) is 11.8 Å². The van der Waals surface area contributed by atoms with Gasteiger partial charge in [0.1, 0.15) is 0 Å². The van der Waals surface area contributed by atoms with Crippen molar-refractivity contribution in [2.45, 2.75) is 45.8 Å². The lowest BCUT2D eigenvalue weighted by atomic mass is 10.1. The molecule has 0 aromatic heterocycles. The van der Waals surface area contributed by atoms with E-state index in [1.165, 1.54) is 24.6 Å². The standard InChI is InChI=1S/C14H29N3S/c1-5-17(6-2)9-7-8-15-14-16-11-13(18-14)10-12(3)4/h12-13H,5-11H2,1-4H3,(H,15,16). The van der Waals surface area contributed by atoms with Crippen molar-refractivity contribution in [2.75, 3.05) is 32.7 Å². The summed E-state index contributed by atoms with van der Waals surface area (Å²) in [6.45, 7) is 14.6. The summed E-state index contributed by atoms with van der Waals surface area (Å²) >= 11 is 1.93. The largest absolute Gasteiger partial charge is 0.365 e. The van der Waals surface area contributed by atoms with E-state index in [2.05, 4.69) is 42.9 Å². The molecular formula is C14H29N3S. The third-order valence-electron chi connectivity index (χ3n) is 3.27. The average Bonchev–Trinajstić information content (AvgIpc) is 2.76.